The minimum Gasteiger partial charge on any atom is -0.478 e. The standard InChI is InChI=1S/C16H18O4/c1-4-7-12(10-11(2)3)20-16(19)14-9-6-5-8-13(14)15(17)18/h5-6,8-9,11-12H,10H2,1-3H3,(H,17,18). The van der Waals surface area contributed by atoms with Crippen molar-refractivity contribution in [3.05, 3.63) is 35.4 Å². The molecular weight excluding hydrogens is 256 g/mol. The molecule has 20 heavy (non-hydrogen) atoms. The van der Waals surface area contributed by atoms with Gasteiger partial charge in [-0.1, -0.05) is 31.9 Å². The predicted octanol–water partition coefficient (Wildman–Crippen LogP) is 2.98. The highest BCUT2D eigenvalue weighted by atomic mass is 16.5. The third kappa shape index (κ3) is 4.43. The van der Waals surface area contributed by atoms with Gasteiger partial charge in [-0.2, -0.15) is 0 Å². The zero-order valence-corrected chi connectivity index (χ0v) is 11.8. The Morgan fingerprint density at radius 2 is 1.85 bits per heavy atom. The highest BCUT2D eigenvalue weighted by Gasteiger charge is 2.20. The van der Waals surface area contributed by atoms with Gasteiger partial charge in [0.25, 0.3) is 0 Å². The van der Waals surface area contributed by atoms with Crippen LogP contribution in [0.25, 0.3) is 0 Å². The van der Waals surface area contributed by atoms with Gasteiger partial charge in [0.1, 0.15) is 0 Å². The van der Waals surface area contributed by atoms with Crippen molar-refractivity contribution in [1.29, 1.82) is 0 Å². The van der Waals surface area contributed by atoms with Crippen molar-refractivity contribution in [2.24, 2.45) is 5.92 Å². The van der Waals surface area contributed by atoms with E-state index in [1.165, 1.54) is 12.1 Å². The van der Waals surface area contributed by atoms with Gasteiger partial charge in [-0.15, -0.1) is 5.92 Å². The van der Waals surface area contributed by atoms with Crippen LogP contribution >= 0.6 is 0 Å². The molecule has 4 nitrogen and oxygen atoms in total. The van der Waals surface area contributed by atoms with Crippen LogP contribution < -0.4 is 0 Å². The van der Waals surface area contributed by atoms with E-state index in [2.05, 4.69) is 11.8 Å². The Kier molecular flexibility index (Phi) is 5.79. The summed E-state index contributed by atoms with van der Waals surface area (Å²) in [5, 5.41) is 9.06. The molecule has 0 aromatic heterocycles. The van der Waals surface area contributed by atoms with Gasteiger partial charge in [-0.25, -0.2) is 9.59 Å². The SMILES string of the molecule is CC#CC(CC(C)C)OC(=O)c1ccccc1C(=O)O. The molecule has 0 saturated carbocycles. The van der Waals surface area contributed by atoms with Gasteiger partial charge >= 0.3 is 11.9 Å². The molecule has 0 aliphatic rings. The number of aromatic carboxylic acids is 1. The molecule has 0 radical (unpaired) electrons. The minimum absolute atomic E-state index is 0.0478. The monoisotopic (exact) mass is 274 g/mol. The number of esters is 1. The summed E-state index contributed by atoms with van der Waals surface area (Å²) in [6.45, 7) is 5.68. The lowest BCUT2D eigenvalue weighted by molar-refractivity contribution is 0.0370. The van der Waals surface area contributed by atoms with E-state index in [1.807, 2.05) is 13.8 Å². The first-order chi connectivity index (χ1) is 9.45. The van der Waals surface area contributed by atoms with Crippen molar-refractivity contribution in [2.45, 2.75) is 33.3 Å². The van der Waals surface area contributed by atoms with Gasteiger partial charge in [0, 0.05) is 0 Å². The van der Waals surface area contributed by atoms with Crippen LogP contribution in [0.1, 0.15) is 47.9 Å². The van der Waals surface area contributed by atoms with Gasteiger partial charge in [-0.3, -0.25) is 0 Å². The summed E-state index contributed by atoms with van der Waals surface area (Å²) in [7, 11) is 0. The summed E-state index contributed by atoms with van der Waals surface area (Å²) in [4.78, 5) is 23.2. The topological polar surface area (TPSA) is 63.6 Å². The number of hydrogen-bond acceptors (Lipinski definition) is 3. The second-order valence-electron chi connectivity index (χ2n) is 4.77. The fourth-order valence-corrected chi connectivity index (χ4v) is 1.77. The van der Waals surface area contributed by atoms with E-state index in [0.717, 1.165) is 0 Å². The number of benzene rings is 1. The number of ether oxygens (including phenoxy) is 1. The number of carbonyl (C=O) groups excluding carboxylic acids is 1. The lowest BCUT2D eigenvalue weighted by Gasteiger charge is -2.15. The van der Waals surface area contributed by atoms with Gasteiger partial charge < -0.3 is 9.84 Å². The maximum atomic E-state index is 12.1. The third-order valence-electron chi connectivity index (χ3n) is 2.62. The first-order valence-electron chi connectivity index (χ1n) is 6.41. The van der Waals surface area contributed by atoms with Crippen molar-refractivity contribution in [3.63, 3.8) is 0 Å². The minimum atomic E-state index is -1.15. The molecule has 1 unspecified atom stereocenters. The molecule has 1 atom stereocenters. The van der Waals surface area contributed by atoms with E-state index in [4.69, 9.17) is 9.84 Å². The molecule has 0 aliphatic heterocycles. The molecule has 1 N–H and O–H groups in total. The molecule has 0 fully saturated rings. The predicted molar refractivity (Wildman–Crippen MR) is 75.5 cm³/mol. The van der Waals surface area contributed by atoms with E-state index in [1.54, 1.807) is 19.1 Å². The fourth-order valence-electron chi connectivity index (χ4n) is 1.77. The van der Waals surface area contributed by atoms with Gasteiger partial charge in [0.05, 0.1) is 11.1 Å². The molecular formula is C16H18O4. The Morgan fingerprint density at radius 1 is 1.25 bits per heavy atom. The van der Waals surface area contributed by atoms with E-state index in [-0.39, 0.29) is 11.1 Å². The molecule has 0 saturated heterocycles. The third-order valence-corrected chi connectivity index (χ3v) is 2.62. The number of carboxylic acids is 1. The molecule has 4 heteroatoms. The number of carbonyl (C=O) groups is 2. The van der Waals surface area contributed by atoms with Crippen molar-refractivity contribution in [1.82, 2.24) is 0 Å². The maximum absolute atomic E-state index is 12.1. The molecule has 1 rings (SSSR count). The lowest BCUT2D eigenvalue weighted by Crippen LogP contribution is -2.20. The summed E-state index contributed by atoms with van der Waals surface area (Å²) in [5.74, 6) is 4.06. The molecule has 0 aliphatic carbocycles. The van der Waals surface area contributed by atoms with Crippen LogP contribution in [0.2, 0.25) is 0 Å². The first-order valence-corrected chi connectivity index (χ1v) is 6.41. The summed E-state index contributed by atoms with van der Waals surface area (Å²) >= 11 is 0. The van der Waals surface area contributed by atoms with Crippen LogP contribution in [0.15, 0.2) is 24.3 Å². The van der Waals surface area contributed by atoms with Crippen LogP contribution in [0.5, 0.6) is 0 Å². The molecule has 0 amide bonds. The van der Waals surface area contributed by atoms with E-state index in [9.17, 15) is 9.59 Å². The van der Waals surface area contributed by atoms with Crippen molar-refractivity contribution >= 4 is 11.9 Å². The Labute approximate surface area is 118 Å². The van der Waals surface area contributed by atoms with Crippen LogP contribution in [0.3, 0.4) is 0 Å². The highest BCUT2D eigenvalue weighted by molar-refractivity contribution is 6.02. The first kappa shape index (κ1) is 15.8. The highest BCUT2D eigenvalue weighted by Crippen LogP contribution is 2.14. The molecule has 0 heterocycles. The zero-order chi connectivity index (χ0) is 15.1. The van der Waals surface area contributed by atoms with Crippen molar-refractivity contribution < 1.29 is 19.4 Å². The molecule has 0 spiro atoms. The number of rotatable bonds is 5. The van der Waals surface area contributed by atoms with Crippen LogP contribution in [-0.2, 0) is 4.74 Å². The summed E-state index contributed by atoms with van der Waals surface area (Å²) in [6, 6.07) is 5.99. The van der Waals surface area contributed by atoms with Crippen molar-refractivity contribution in [2.75, 3.05) is 0 Å². The average molecular weight is 274 g/mol. The fraction of sp³-hybridized carbons (Fsp3) is 0.375. The summed E-state index contributed by atoms with van der Waals surface area (Å²) < 4.78 is 5.30. The molecule has 1 aromatic carbocycles. The van der Waals surface area contributed by atoms with Crippen LogP contribution in [0.4, 0.5) is 0 Å². The van der Waals surface area contributed by atoms with Crippen molar-refractivity contribution in [3.8, 4) is 11.8 Å². The number of hydrogen-bond donors (Lipinski definition) is 1. The van der Waals surface area contributed by atoms with Crippen LogP contribution in [-0.4, -0.2) is 23.1 Å². The van der Waals surface area contributed by atoms with Gasteiger partial charge in [0.15, 0.2) is 6.10 Å². The molecule has 1 aromatic rings. The quantitative estimate of drug-likeness (QED) is 0.662. The Balaban J connectivity index is 2.94. The number of carboxylic acid groups (broad SMARTS) is 1. The Hall–Kier alpha value is -2.28. The normalized spacial score (nSPS) is 11.4. The van der Waals surface area contributed by atoms with Gasteiger partial charge in [-0.05, 0) is 31.4 Å². The smallest absolute Gasteiger partial charge is 0.340 e. The Morgan fingerprint density at radius 3 is 2.35 bits per heavy atom. The van der Waals surface area contributed by atoms with E-state index < -0.39 is 18.0 Å². The largest absolute Gasteiger partial charge is 0.478 e. The zero-order valence-electron chi connectivity index (χ0n) is 11.8. The van der Waals surface area contributed by atoms with Crippen LogP contribution in [0, 0.1) is 17.8 Å². The second-order valence-corrected chi connectivity index (χ2v) is 4.77. The lowest BCUT2D eigenvalue weighted by atomic mass is 10.1. The average Bonchev–Trinajstić information content (AvgIpc) is 2.38. The van der Waals surface area contributed by atoms with E-state index in [0.29, 0.717) is 12.3 Å². The molecule has 106 valence electrons. The Bertz CT molecular complexity index is 549. The second kappa shape index (κ2) is 7.34. The van der Waals surface area contributed by atoms with Gasteiger partial charge in [0.2, 0.25) is 0 Å². The van der Waals surface area contributed by atoms with E-state index >= 15 is 0 Å². The summed E-state index contributed by atoms with van der Waals surface area (Å²) in [5.41, 5.74) is -0.0167. The maximum Gasteiger partial charge on any atom is 0.340 e. The summed E-state index contributed by atoms with van der Waals surface area (Å²) in [6.07, 6.45) is 0.0938. The molecule has 0 bridgehead atoms.